The molecule has 0 saturated heterocycles. The van der Waals surface area contributed by atoms with Gasteiger partial charge in [0.1, 0.15) is 5.75 Å². The van der Waals surface area contributed by atoms with Gasteiger partial charge in [0.2, 0.25) is 0 Å². The van der Waals surface area contributed by atoms with Gasteiger partial charge in [-0.25, -0.2) is 0 Å². The summed E-state index contributed by atoms with van der Waals surface area (Å²) >= 11 is 0. The normalized spacial score (nSPS) is 16.9. The topological polar surface area (TPSA) is 9.23 Å². The number of ether oxygens (including phenoxy) is 1. The van der Waals surface area contributed by atoms with E-state index in [2.05, 4.69) is 32.0 Å². The molecule has 0 heterocycles. The van der Waals surface area contributed by atoms with Crippen molar-refractivity contribution in [3.05, 3.63) is 29.3 Å². The Hall–Kier alpha value is -0.980. The van der Waals surface area contributed by atoms with Gasteiger partial charge in [-0.15, -0.1) is 0 Å². The zero-order valence-corrected chi connectivity index (χ0v) is 9.75. The van der Waals surface area contributed by atoms with E-state index in [9.17, 15) is 0 Å². The maximum Gasteiger partial charge on any atom is 0.119 e. The second-order valence-corrected chi connectivity index (χ2v) is 4.47. The molecule has 1 heteroatoms. The minimum atomic E-state index is 0.469. The van der Waals surface area contributed by atoms with Crippen molar-refractivity contribution in [2.45, 2.75) is 52.1 Å². The Morgan fingerprint density at radius 2 is 2.00 bits per heavy atom. The summed E-state index contributed by atoms with van der Waals surface area (Å²) in [5, 5.41) is 0. The molecule has 1 aliphatic carbocycles. The Labute approximate surface area is 92.5 Å². The number of aryl methyl sites for hydroxylation is 2. The summed E-state index contributed by atoms with van der Waals surface area (Å²) < 4.78 is 5.96. The average Bonchev–Trinajstić information content (AvgIpc) is 2.71. The van der Waals surface area contributed by atoms with Crippen LogP contribution in [0.25, 0.3) is 0 Å². The van der Waals surface area contributed by atoms with Crippen molar-refractivity contribution in [3.8, 4) is 5.75 Å². The highest BCUT2D eigenvalue weighted by atomic mass is 16.5. The smallest absolute Gasteiger partial charge is 0.119 e. The molecule has 0 spiro atoms. The van der Waals surface area contributed by atoms with Gasteiger partial charge in [-0.05, 0) is 62.3 Å². The lowest BCUT2D eigenvalue weighted by atomic mass is 10.1. The molecule has 0 N–H and O–H groups in total. The van der Waals surface area contributed by atoms with Crippen molar-refractivity contribution in [1.29, 1.82) is 0 Å². The van der Waals surface area contributed by atoms with Gasteiger partial charge in [-0.1, -0.05) is 13.0 Å². The molecule has 1 nitrogen and oxygen atoms in total. The van der Waals surface area contributed by atoms with E-state index in [1.165, 1.54) is 36.8 Å². The highest BCUT2D eigenvalue weighted by Gasteiger charge is 2.16. The third kappa shape index (κ3) is 2.53. The zero-order valence-electron chi connectivity index (χ0n) is 9.75. The largest absolute Gasteiger partial charge is 0.490 e. The first-order valence-corrected chi connectivity index (χ1v) is 6.06. The lowest BCUT2D eigenvalue weighted by molar-refractivity contribution is 0.210. The van der Waals surface area contributed by atoms with Crippen LogP contribution in [0.5, 0.6) is 5.75 Å². The van der Waals surface area contributed by atoms with Crippen molar-refractivity contribution in [2.75, 3.05) is 0 Å². The molecule has 1 aromatic rings. The first kappa shape index (κ1) is 10.5. The van der Waals surface area contributed by atoms with Crippen molar-refractivity contribution in [1.82, 2.24) is 0 Å². The van der Waals surface area contributed by atoms with Crippen LogP contribution in [0.4, 0.5) is 0 Å². The molecule has 0 bridgehead atoms. The van der Waals surface area contributed by atoms with Crippen LogP contribution in [0, 0.1) is 6.92 Å². The molecule has 0 aromatic heterocycles. The van der Waals surface area contributed by atoms with Crippen molar-refractivity contribution < 1.29 is 4.74 Å². The Morgan fingerprint density at radius 1 is 1.27 bits per heavy atom. The van der Waals surface area contributed by atoms with Crippen LogP contribution in [-0.2, 0) is 6.42 Å². The lowest BCUT2D eigenvalue weighted by Crippen LogP contribution is -2.10. The molecule has 1 aromatic carbocycles. The van der Waals surface area contributed by atoms with Gasteiger partial charge in [0, 0.05) is 0 Å². The second kappa shape index (κ2) is 4.69. The molecular formula is C14H20O. The highest BCUT2D eigenvalue weighted by Crippen LogP contribution is 2.25. The van der Waals surface area contributed by atoms with E-state index in [1.807, 2.05) is 0 Å². The summed E-state index contributed by atoms with van der Waals surface area (Å²) in [5.41, 5.74) is 2.78. The fourth-order valence-corrected chi connectivity index (χ4v) is 2.34. The molecular weight excluding hydrogens is 184 g/mol. The quantitative estimate of drug-likeness (QED) is 0.726. The first-order valence-electron chi connectivity index (χ1n) is 6.06. The molecule has 82 valence electrons. The minimum Gasteiger partial charge on any atom is -0.490 e. The van der Waals surface area contributed by atoms with Crippen LogP contribution in [-0.4, -0.2) is 6.10 Å². The summed E-state index contributed by atoms with van der Waals surface area (Å²) in [6, 6.07) is 6.49. The van der Waals surface area contributed by atoms with E-state index < -0.39 is 0 Å². The van der Waals surface area contributed by atoms with E-state index in [0.717, 1.165) is 12.2 Å². The molecule has 0 atom stereocenters. The first-order chi connectivity index (χ1) is 7.29. The van der Waals surface area contributed by atoms with Crippen molar-refractivity contribution in [3.63, 3.8) is 0 Å². The van der Waals surface area contributed by atoms with Gasteiger partial charge >= 0.3 is 0 Å². The van der Waals surface area contributed by atoms with Crippen molar-refractivity contribution >= 4 is 0 Å². The Bertz CT molecular complexity index is 324. The third-order valence-corrected chi connectivity index (χ3v) is 3.30. The van der Waals surface area contributed by atoms with Gasteiger partial charge in [0.05, 0.1) is 6.10 Å². The summed E-state index contributed by atoms with van der Waals surface area (Å²) in [4.78, 5) is 0. The molecule has 0 aliphatic heterocycles. The fourth-order valence-electron chi connectivity index (χ4n) is 2.34. The summed E-state index contributed by atoms with van der Waals surface area (Å²) in [6.07, 6.45) is 6.70. The van der Waals surface area contributed by atoms with Crippen LogP contribution >= 0.6 is 0 Å². The van der Waals surface area contributed by atoms with Crippen LogP contribution in [0.15, 0.2) is 18.2 Å². The van der Waals surface area contributed by atoms with Gasteiger partial charge in [0.15, 0.2) is 0 Å². The molecule has 1 fully saturated rings. The molecule has 1 saturated carbocycles. The molecule has 1 aliphatic rings. The number of hydrogen-bond donors (Lipinski definition) is 0. The number of hydrogen-bond acceptors (Lipinski definition) is 1. The van der Waals surface area contributed by atoms with E-state index >= 15 is 0 Å². The molecule has 2 rings (SSSR count). The van der Waals surface area contributed by atoms with E-state index in [4.69, 9.17) is 4.74 Å². The maximum atomic E-state index is 5.96. The van der Waals surface area contributed by atoms with Crippen LogP contribution in [0.1, 0.15) is 43.7 Å². The predicted molar refractivity (Wildman–Crippen MR) is 63.4 cm³/mol. The molecule has 15 heavy (non-hydrogen) atoms. The Kier molecular flexibility index (Phi) is 3.30. The number of rotatable bonds is 3. The van der Waals surface area contributed by atoms with Gasteiger partial charge < -0.3 is 4.74 Å². The van der Waals surface area contributed by atoms with Gasteiger partial charge in [-0.3, -0.25) is 0 Å². The van der Waals surface area contributed by atoms with E-state index in [0.29, 0.717) is 6.10 Å². The standard InChI is InChI=1S/C14H20O/c1-3-12-8-9-14(10-11(12)2)15-13-6-4-5-7-13/h8-10,13H,3-7H2,1-2H3. The van der Waals surface area contributed by atoms with E-state index in [-0.39, 0.29) is 0 Å². The lowest BCUT2D eigenvalue weighted by Gasteiger charge is -2.14. The summed E-state index contributed by atoms with van der Waals surface area (Å²) in [6.45, 7) is 4.36. The van der Waals surface area contributed by atoms with Gasteiger partial charge in [-0.2, -0.15) is 0 Å². The fraction of sp³-hybridized carbons (Fsp3) is 0.571. The second-order valence-electron chi connectivity index (χ2n) is 4.47. The summed E-state index contributed by atoms with van der Waals surface area (Å²) in [5.74, 6) is 1.05. The third-order valence-electron chi connectivity index (χ3n) is 3.30. The summed E-state index contributed by atoms with van der Waals surface area (Å²) in [7, 11) is 0. The van der Waals surface area contributed by atoms with E-state index in [1.54, 1.807) is 0 Å². The Morgan fingerprint density at radius 3 is 2.60 bits per heavy atom. The van der Waals surface area contributed by atoms with Crippen LogP contribution in [0.3, 0.4) is 0 Å². The SMILES string of the molecule is CCc1ccc(OC2CCCC2)cc1C. The van der Waals surface area contributed by atoms with Crippen LogP contribution < -0.4 is 4.74 Å². The highest BCUT2D eigenvalue weighted by molar-refractivity contribution is 5.34. The monoisotopic (exact) mass is 204 g/mol. The predicted octanol–water partition coefficient (Wildman–Crippen LogP) is 3.88. The van der Waals surface area contributed by atoms with Gasteiger partial charge in [0.25, 0.3) is 0 Å². The molecule has 0 unspecified atom stereocenters. The zero-order chi connectivity index (χ0) is 10.7. The van der Waals surface area contributed by atoms with Crippen molar-refractivity contribution in [2.24, 2.45) is 0 Å². The number of benzene rings is 1. The maximum absolute atomic E-state index is 5.96. The van der Waals surface area contributed by atoms with Crippen LogP contribution in [0.2, 0.25) is 0 Å². The minimum absolute atomic E-state index is 0.469. The Balaban J connectivity index is 2.05. The molecule has 0 radical (unpaired) electrons. The average molecular weight is 204 g/mol. The molecule has 0 amide bonds.